The lowest BCUT2D eigenvalue weighted by Gasteiger charge is -2.42. The van der Waals surface area contributed by atoms with Crippen LogP contribution in [0.1, 0.15) is 34.8 Å². The number of fused-ring (bicyclic) bond motifs is 1. The van der Waals surface area contributed by atoms with Gasteiger partial charge in [-0.05, 0) is 55.1 Å². The predicted octanol–water partition coefficient (Wildman–Crippen LogP) is 3.85. The Morgan fingerprint density at radius 2 is 1.86 bits per heavy atom. The van der Waals surface area contributed by atoms with Crippen molar-refractivity contribution in [3.63, 3.8) is 0 Å². The maximum absolute atomic E-state index is 13.6. The molecule has 2 atom stereocenters. The fourth-order valence-electron chi connectivity index (χ4n) is 4.72. The van der Waals surface area contributed by atoms with Crippen LogP contribution in [0, 0.1) is 0 Å². The van der Waals surface area contributed by atoms with Gasteiger partial charge in [-0.1, -0.05) is 36.4 Å². The van der Waals surface area contributed by atoms with Gasteiger partial charge in [0.15, 0.2) is 0 Å². The molecule has 2 aliphatic heterocycles. The van der Waals surface area contributed by atoms with Crippen LogP contribution in [-0.2, 0) is 4.74 Å². The topological polar surface area (TPSA) is 48.6 Å². The average Bonchev–Trinajstić information content (AvgIpc) is 3.45. The predicted molar refractivity (Wildman–Crippen MR) is 114 cm³/mol. The number of morpholine rings is 1. The van der Waals surface area contributed by atoms with Crippen LogP contribution in [-0.4, -0.2) is 59.6 Å². The maximum atomic E-state index is 13.6. The molecule has 0 aliphatic carbocycles. The van der Waals surface area contributed by atoms with Gasteiger partial charge in [-0.3, -0.25) is 4.79 Å². The highest BCUT2D eigenvalue weighted by Gasteiger charge is 2.38. The number of amides is 1. The molecule has 0 bridgehead atoms. The van der Waals surface area contributed by atoms with Crippen LogP contribution in [0.3, 0.4) is 0 Å². The van der Waals surface area contributed by atoms with Crippen molar-refractivity contribution < 1.29 is 9.53 Å². The van der Waals surface area contributed by atoms with Crippen molar-refractivity contribution in [3.8, 4) is 0 Å². The van der Waals surface area contributed by atoms with E-state index in [9.17, 15) is 4.79 Å². The number of ether oxygens (including phenoxy) is 1. The van der Waals surface area contributed by atoms with Gasteiger partial charge < -0.3 is 19.5 Å². The Balaban J connectivity index is 1.47. The summed E-state index contributed by atoms with van der Waals surface area (Å²) in [6.45, 7) is 4.31. The Morgan fingerprint density at radius 1 is 1.03 bits per heavy atom. The summed E-state index contributed by atoms with van der Waals surface area (Å²) in [5, 5.41) is 1.12. The average molecular weight is 389 g/mol. The molecule has 0 unspecified atom stereocenters. The fraction of sp³-hybridized carbons (Fsp3) is 0.375. The van der Waals surface area contributed by atoms with Crippen molar-refractivity contribution in [2.75, 3.05) is 32.8 Å². The van der Waals surface area contributed by atoms with E-state index in [4.69, 9.17) is 4.74 Å². The fourth-order valence-corrected chi connectivity index (χ4v) is 4.72. The third kappa shape index (κ3) is 3.68. The molecule has 5 heteroatoms. The van der Waals surface area contributed by atoms with E-state index in [0.717, 1.165) is 41.7 Å². The Hall–Kier alpha value is -2.63. The lowest BCUT2D eigenvalue weighted by atomic mass is 9.96. The molecule has 5 rings (SSSR count). The van der Waals surface area contributed by atoms with E-state index < -0.39 is 0 Å². The number of carbonyl (C=O) groups excluding carboxylic acids is 1. The quantitative estimate of drug-likeness (QED) is 0.737. The highest BCUT2D eigenvalue weighted by Crippen LogP contribution is 2.32. The number of rotatable bonds is 4. The summed E-state index contributed by atoms with van der Waals surface area (Å²) in [5.41, 5.74) is 2.86. The molecular weight excluding hydrogens is 362 g/mol. The number of carbonyl (C=O) groups is 1. The van der Waals surface area contributed by atoms with Crippen LogP contribution in [0.4, 0.5) is 0 Å². The molecule has 1 amide bonds. The standard InChI is InChI=1S/C24H27N3O2/c28-24(20-9-8-18-10-11-25-21(18)16-20)27-14-15-29-22(17-26-12-4-5-13-26)23(27)19-6-2-1-3-7-19/h1-3,6-11,16,22-23,25H,4-5,12-15,17H2/t22-,23-/m0/s1. The van der Waals surface area contributed by atoms with Crippen molar-refractivity contribution in [2.45, 2.75) is 25.0 Å². The third-order valence-electron chi connectivity index (χ3n) is 6.19. The molecule has 0 spiro atoms. The number of aromatic nitrogens is 1. The third-order valence-corrected chi connectivity index (χ3v) is 6.19. The van der Waals surface area contributed by atoms with Crippen molar-refractivity contribution in [3.05, 3.63) is 71.9 Å². The second-order valence-corrected chi connectivity index (χ2v) is 8.05. The van der Waals surface area contributed by atoms with Gasteiger partial charge in [0.2, 0.25) is 0 Å². The molecule has 3 aromatic rings. The second kappa shape index (κ2) is 8.01. The number of H-pyrrole nitrogens is 1. The van der Waals surface area contributed by atoms with E-state index in [1.165, 1.54) is 12.8 Å². The molecule has 2 aliphatic rings. The highest BCUT2D eigenvalue weighted by molar-refractivity contribution is 5.98. The summed E-state index contributed by atoms with van der Waals surface area (Å²) in [5.74, 6) is 0.0741. The molecule has 0 saturated carbocycles. The number of hydrogen-bond donors (Lipinski definition) is 1. The molecule has 150 valence electrons. The molecule has 2 aromatic carbocycles. The molecule has 2 fully saturated rings. The van der Waals surface area contributed by atoms with E-state index >= 15 is 0 Å². The van der Waals surface area contributed by atoms with Crippen molar-refractivity contribution in [1.29, 1.82) is 0 Å². The van der Waals surface area contributed by atoms with Crippen molar-refractivity contribution in [1.82, 2.24) is 14.8 Å². The second-order valence-electron chi connectivity index (χ2n) is 8.05. The Morgan fingerprint density at radius 3 is 2.69 bits per heavy atom. The smallest absolute Gasteiger partial charge is 0.254 e. The number of aromatic amines is 1. The summed E-state index contributed by atoms with van der Waals surface area (Å²) in [7, 11) is 0. The molecule has 5 nitrogen and oxygen atoms in total. The Kier molecular flexibility index (Phi) is 5.08. The van der Waals surface area contributed by atoms with E-state index in [2.05, 4.69) is 22.0 Å². The number of benzene rings is 2. The summed E-state index contributed by atoms with van der Waals surface area (Å²) in [6, 6.07) is 18.2. The van der Waals surface area contributed by atoms with Crippen molar-refractivity contribution >= 4 is 16.8 Å². The molecular formula is C24H27N3O2. The highest BCUT2D eigenvalue weighted by atomic mass is 16.5. The van der Waals surface area contributed by atoms with E-state index in [0.29, 0.717) is 13.2 Å². The normalized spacial score (nSPS) is 23.0. The van der Waals surface area contributed by atoms with Gasteiger partial charge in [0, 0.05) is 30.4 Å². The van der Waals surface area contributed by atoms with Gasteiger partial charge in [0.05, 0.1) is 18.8 Å². The summed E-state index contributed by atoms with van der Waals surface area (Å²) >= 11 is 0. The summed E-state index contributed by atoms with van der Waals surface area (Å²) < 4.78 is 6.24. The maximum Gasteiger partial charge on any atom is 0.254 e. The Bertz CT molecular complexity index is 978. The first kappa shape index (κ1) is 18.4. The molecule has 2 saturated heterocycles. The van der Waals surface area contributed by atoms with Gasteiger partial charge in [-0.2, -0.15) is 0 Å². The zero-order chi connectivity index (χ0) is 19.6. The zero-order valence-corrected chi connectivity index (χ0v) is 16.6. The van der Waals surface area contributed by atoms with Crippen LogP contribution >= 0.6 is 0 Å². The van der Waals surface area contributed by atoms with Gasteiger partial charge in [0.1, 0.15) is 0 Å². The summed E-state index contributed by atoms with van der Waals surface area (Å²) in [4.78, 5) is 21.3. The number of likely N-dealkylation sites (tertiary alicyclic amines) is 1. The van der Waals surface area contributed by atoms with Crippen LogP contribution in [0.15, 0.2) is 60.8 Å². The van der Waals surface area contributed by atoms with E-state index in [-0.39, 0.29) is 18.1 Å². The van der Waals surface area contributed by atoms with Crippen LogP contribution in [0.5, 0.6) is 0 Å². The van der Waals surface area contributed by atoms with Crippen LogP contribution in [0.2, 0.25) is 0 Å². The molecule has 29 heavy (non-hydrogen) atoms. The molecule has 1 N–H and O–H groups in total. The number of hydrogen-bond acceptors (Lipinski definition) is 3. The monoisotopic (exact) mass is 389 g/mol. The first-order valence-electron chi connectivity index (χ1n) is 10.6. The van der Waals surface area contributed by atoms with Crippen molar-refractivity contribution in [2.24, 2.45) is 0 Å². The molecule has 3 heterocycles. The van der Waals surface area contributed by atoms with Gasteiger partial charge in [0.25, 0.3) is 5.91 Å². The minimum Gasteiger partial charge on any atom is -0.373 e. The largest absolute Gasteiger partial charge is 0.373 e. The van der Waals surface area contributed by atoms with E-state index in [1.807, 2.05) is 53.6 Å². The first-order chi connectivity index (χ1) is 14.3. The van der Waals surface area contributed by atoms with Gasteiger partial charge >= 0.3 is 0 Å². The molecule has 1 aromatic heterocycles. The van der Waals surface area contributed by atoms with Crippen LogP contribution in [0.25, 0.3) is 10.9 Å². The first-order valence-corrected chi connectivity index (χ1v) is 10.6. The lowest BCUT2D eigenvalue weighted by molar-refractivity contribution is -0.0707. The zero-order valence-electron chi connectivity index (χ0n) is 16.6. The number of nitrogens with one attached hydrogen (secondary N) is 1. The van der Waals surface area contributed by atoms with E-state index in [1.54, 1.807) is 0 Å². The van der Waals surface area contributed by atoms with Crippen LogP contribution < -0.4 is 0 Å². The Labute approximate surface area is 171 Å². The number of nitrogens with zero attached hydrogens (tertiary/aromatic N) is 2. The SMILES string of the molecule is O=C(c1ccc2cc[nH]c2c1)N1CCO[C@@H](CN2CCCC2)[C@@H]1c1ccccc1. The summed E-state index contributed by atoms with van der Waals surface area (Å²) in [6.07, 6.45) is 4.40. The minimum atomic E-state index is -0.0719. The molecule has 0 radical (unpaired) electrons. The lowest BCUT2D eigenvalue weighted by Crippen LogP contribution is -2.51. The van der Waals surface area contributed by atoms with Gasteiger partial charge in [-0.25, -0.2) is 0 Å². The minimum absolute atomic E-state index is 0.0116. The van der Waals surface area contributed by atoms with Gasteiger partial charge in [-0.15, -0.1) is 0 Å².